The van der Waals surface area contributed by atoms with Crippen LogP contribution < -0.4 is 10.6 Å². The molecule has 110 valence electrons. The summed E-state index contributed by atoms with van der Waals surface area (Å²) in [4.78, 5) is 4.97. The van der Waals surface area contributed by atoms with Gasteiger partial charge in [-0.1, -0.05) is 24.4 Å². The van der Waals surface area contributed by atoms with Gasteiger partial charge in [-0.05, 0) is 37.1 Å². The Bertz CT molecular complexity index is 432. The molecule has 1 saturated carbocycles. The number of nitrogens with two attached hydrogens (primary N) is 1. The lowest BCUT2D eigenvalue weighted by atomic mass is 9.98. The van der Waals surface area contributed by atoms with E-state index in [9.17, 15) is 0 Å². The molecule has 0 atom stereocenters. The van der Waals surface area contributed by atoms with E-state index < -0.39 is 0 Å². The first kappa shape index (κ1) is 14.2. The second-order valence-corrected chi connectivity index (χ2v) is 6.75. The molecule has 1 aliphatic carbocycles. The second-order valence-electron chi connectivity index (χ2n) is 6.31. The summed E-state index contributed by atoms with van der Waals surface area (Å²) in [5, 5.41) is 0.804. The van der Waals surface area contributed by atoms with Crippen molar-refractivity contribution >= 4 is 17.3 Å². The van der Waals surface area contributed by atoms with Gasteiger partial charge in [0.2, 0.25) is 0 Å². The van der Waals surface area contributed by atoms with E-state index >= 15 is 0 Å². The lowest BCUT2D eigenvalue weighted by molar-refractivity contribution is 0.199. The summed E-state index contributed by atoms with van der Waals surface area (Å²) < 4.78 is 0. The minimum absolute atomic E-state index is 0.0858. The maximum absolute atomic E-state index is 6.48. The largest absolute Gasteiger partial charge is 0.369 e. The van der Waals surface area contributed by atoms with E-state index in [0.717, 1.165) is 37.7 Å². The third-order valence-electron chi connectivity index (χ3n) is 4.70. The highest BCUT2D eigenvalue weighted by molar-refractivity contribution is 6.30. The topological polar surface area (TPSA) is 32.5 Å². The average molecular weight is 294 g/mol. The Morgan fingerprint density at radius 3 is 2.20 bits per heavy atom. The molecule has 2 fully saturated rings. The van der Waals surface area contributed by atoms with Crippen molar-refractivity contribution in [3.05, 3.63) is 29.3 Å². The lowest BCUT2D eigenvalue weighted by Gasteiger charge is -2.39. The molecule has 2 aliphatic rings. The van der Waals surface area contributed by atoms with E-state index in [1.807, 2.05) is 12.1 Å². The molecule has 0 unspecified atom stereocenters. The molecule has 1 saturated heterocycles. The number of anilines is 1. The van der Waals surface area contributed by atoms with Crippen LogP contribution in [0.5, 0.6) is 0 Å². The van der Waals surface area contributed by atoms with E-state index in [1.54, 1.807) is 0 Å². The maximum Gasteiger partial charge on any atom is 0.0407 e. The Hall–Kier alpha value is -0.770. The van der Waals surface area contributed by atoms with Gasteiger partial charge in [0.15, 0.2) is 0 Å². The molecular weight excluding hydrogens is 270 g/mol. The number of piperazine rings is 1. The highest BCUT2D eigenvalue weighted by Gasteiger charge is 2.32. The number of benzene rings is 1. The molecule has 0 bridgehead atoms. The second kappa shape index (κ2) is 5.92. The van der Waals surface area contributed by atoms with Crippen LogP contribution >= 0.6 is 11.6 Å². The van der Waals surface area contributed by atoms with Gasteiger partial charge in [-0.2, -0.15) is 0 Å². The van der Waals surface area contributed by atoms with Crippen LogP contribution in [0.15, 0.2) is 24.3 Å². The van der Waals surface area contributed by atoms with Crippen molar-refractivity contribution in [3.63, 3.8) is 0 Å². The minimum Gasteiger partial charge on any atom is -0.369 e. The van der Waals surface area contributed by atoms with Crippen molar-refractivity contribution < 1.29 is 0 Å². The zero-order valence-electron chi connectivity index (χ0n) is 12.0. The SMILES string of the molecule is NC1(CN2CCN(c3ccc(Cl)cc3)CC2)CCCC1. The van der Waals surface area contributed by atoms with Crippen LogP contribution in [0.25, 0.3) is 0 Å². The zero-order chi connectivity index (χ0) is 14.0. The van der Waals surface area contributed by atoms with Crippen LogP contribution in [-0.2, 0) is 0 Å². The molecule has 0 spiro atoms. The number of rotatable bonds is 3. The van der Waals surface area contributed by atoms with Crippen molar-refractivity contribution in [2.75, 3.05) is 37.6 Å². The van der Waals surface area contributed by atoms with Crippen LogP contribution in [0.1, 0.15) is 25.7 Å². The molecular formula is C16H24ClN3. The lowest BCUT2D eigenvalue weighted by Crippen LogP contribution is -2.54. The molecule has 20 heavy (non-hydrogen) atoms. The van der Waals surface area contributed by atoms with E-state index in [-0.39, 0.29) is 5.54 Å². The zero-order valence-corrected chi connectivity index (χ0v) is 12.8. The van der Waals surface area contributed by atoms with Crippen LogP contribution in [0.4, 0.5) is 5.69 Å². The number of nitrogens with zero attached hydrogens (tertiary/aromatic N) is 2. The summed E-state index contributed by atoms with van der Waals surface area (Å²) in [6.45, 7) is 5.46. The van der Waals surface area contributed by atoms with Gasteiger partial charge in [0, 0.05) is 49.0 Å². The first-order valence-electron chi connectivity index (χ1n) is 7.66. The van der Waals surface area contributed by atoms with Crippen molar-refractivity contribution in [2.24, 2.45) is 5.73 Å². The number of hydrogen-bond donors (Lipinski definition) is 1. The summed E-state index contributed by atoms with van der Waals surface area (Å²) in [7, 11) is 0. The molecule has 1 aromatic carbocycles. The minimum atomic E-state index is 0.0858. The van der Waals surface area contributed by atoms with Crippen LogP contribution in [0, 0.1) is 0 Å². The molecule has 3 nitrogen and oxygen atoms in total. The molecule has 2 N–H and O–H groups in total. The van der Waals surface area contributed by atoms with Crippen molar-refractivity contribution in [3.8, 4) is 0 Å². The number of halogens is 1. The quantitative estimate of drug-likeness (QED) is 0.930. The normalized spacial score (nSPS) is 23.2. The van der Waals surface area contributed by atoms with Gasteiger partial charge in [0.25, 0.3) is 0 Å². The Labute approximate surface area is 126 Å². The van der Waals surface area contributed by atoms with E-state index in [0.29, 0.717) is 0 Å². The summed E-state index contributed by atoms with van der Waals surface area (Å²) >= 11 is 5.94. The predicted molar refractivity (Wildman–Crippen MR) is 85.5 cm³/mol. The molecule has 0 aromatic heterocycles. The Balaban J connectivity index is 1.53. The maximum atomic E-state index is 6.48. The van der Waals surface area contributed by atoms with Gasteiger partial charge in [0.05, 0.1) is 0 Å². The van der Waals surface area contributed by atoms with Gasteiger partial charge >= 0.3 is 0 Å². The molecule has 1 aromatic rings. The van der Waals surface area contributed by atoms with E-state index in [4.69, 9.17) is 17.3 Å². The summed E-state index contributed by atoms with van der Waals surface area (Å²) in [6.07, 6.45) is 5.01. The highest BCUT2D eigenvalue weighted by atomic mass is 35.5. The van der Waals surface area contributed by atoms with E-state index in [1.165, 1.54) is 31.4 Å². The van der Waals surface area contributed by atoms with E-state index in [2.05, 4.69) is 21.9 Å². The molecule has 0 amide bonds. The third-order valence-corrected chi connectivity index (χ3v) is 4.95. The third kappa shape index (κ3) is 3.27. The number of hydrogen-bond acceptors (Lipinski definition) is 3. The fourth-order valence-electron chi connectivity index (χ4n) is 3.50. The van der Waals surface area contributed by atoms with Crippen LogP contribution in [0.3, 0.4) is 0 Å². The standard InChI is InChI=1S/C16H24ClN3/c17-14-3-5-15(6-4-14)20-11-9-19(10-12-20)13-16(18)7-1-2-8-16/h3-6H,1-2,7-13,18H2. The Morgan fingerprint density at radius 2 is 1.60 bits per heavy atom. The predicted octanol–water partition coefficient (Wildman–Crippen LogP) is 2.73. The van der Waals surface area contributed by atoms with Gasteiger partial charge < -0.3 is 10.6 Å². The first-order chi connectivity index (χ1) is 9.65. The molecule has 4 heteroatoms. The van der Waals surface area contributed by atoms with Gasteiger partial charge in [-0.3, -0.25) is 4.90 Å². The van der Waals surface area contributed by atoms with Crippen molar-refractivity contribution in [1.29, 1.82) is 0 Å². The Kier molecular flexibility index (Phi) is 4.20. The highest BCUT2D eigenvalue weighted by Crippen LogP contribution is 2.28. The monoisotopic (exact) mass is 293 g/mol. The Morgan fingerprint density at radius 1 is 1.00 bits per heavy atom. The fraction of sp³-hybridized carbons (Fsp3) is 0.625. The van der Waals surface area contributed by atoms with Gasteiger partial charge in [0.1, 0.15) is 0 Å². The molecule has 3 rings (SSSR count). The summed E-state index contributed by atoms with van der Waals surface area (Å²) in [6, 6.07) is 8.16. The molecule has 1 aliphatic heterocycles. The summed E-state index contributed by atoms with van der Waals surface area (Å²) in [5.74, 6) is 0. The molecule has 1 heterocycles. The van der Waals surface area contributed by atoms with Crippen LogP contribution in [-0.4, -0.2) is 43.2 Å². The fourth-order valence-corrected chi connectivity index (χ4v) is 3.62. The smallest absolute Gasteiger partial charge is 0.0407 e. The van der Waals surface area contributed by atoms with Gasteiger partial charge in [-0.15, -0.1) is 0 Å². The molecule has 0 radical (unpaired) electrons. The van der Waals surface area contributed by atoms with Crippen molar-refractivity contribution in [1.82, 2.24) is 4.90 Å². The first-order valence-corrected chi connectivity index (χ1v) is 8.04. The summed E-state index contributed by atoms with van der Waals surface area (Å²) in [5.41, 5.74) is 7.84. The average Bonchev–Trinajstić information content (AvgIpc) is 2.87. The van der Waals surface area contributed by atoms with Crippen LogP contribution in [0.2, 0.25) is 5.02 Å². The van der Waals surface area contributed by atoms with Crippen molar-refractivity contribution in [2.45, 2.75) is 31.2 Å². The van der Waals surface area contributed by atoms with Gasteiger partial charge in [-0.25, -0.2) is 0 Å².